The van der Waals surface area contributed by atoms with Crippen LogP contribution in [0.3, 0.4) is 0 Å². The molecule has 0 aliphatic carbocycles. The van der Waals surface area contributed by atoms with Crippen molar-refractivity contribution in [3.8, 4) is 0 Å². The van der Waals surface area contributed by atoms with Gasteiger partial charge in [-0.25, -0.2) is 0 Å². The van der Waals surface area contributed by atoms with E-state index in [1.54, 1.807) is 14.1 Å². The van der Waals surface area contributed by atoms with Crippen molar-refractivity contribution >= 4 is 5.84 Å². The highest BCUT2D eigenvalue weighted by atomic mass is 19.4. The smallest absolute Gasteiger partial charge is 0.381 e. The van der Waals surface area contributed by atoms with Crippen LogP contribution in [0.15, 0.2) is 5.16 Å². The van der Waals surface area contributed by atoms with Gasteiger partial charge in [0.05, 0.1) is 6.42 Å². The van der Waals surface area contributed by atoms with Gasteiger partial charge in [0.25, 0.3) is 0 Å². The third-order valence-corrected chi connectivity index (χ3v) is 1.53. The van der Waals surface area contributed by atoms with Gasteiger partial charge in [-0.05, 0) is 0 Å². The largest absolute Gasteiger partial charge is 0.428 e. The fraction of sp³-hybridized carbons (Fsp3) is 0.833. The van der Waals surface area contributed by atoms with E-state index in [9.17, 15) is 13.2 Å². The molecule has 0 fully saturated rings. The first-order chi connectivity index (χ1) is 5.41. The van der Waals surface area contributed by atoms with E-state index in [0.717, 1.165) is 0 Å². The first-order valence-corrected chi connectivity index (χ1v) is 3.38. The van der Waals surface area contributed by atoms with Gasteiger partial charge in [0, 0.05) is 14.1 Å². The molecule has 3 nitrogen and oxygen atoms in total. The number of hydrogen-bond acceptors (Lipinski definition) is 3. The van der Waals surface area contributed by atoms with E-state index >= 15 is 0 Å². The van der Waals surface area contributed by atoms with Crippen LogP contribution in [-0.2, 0) is 4.84 Å². The van der Waals surface area contributed by atoms with E-state index in [-0.39, 0.29) is 6.42 Å². The Hall–Kier alpha value is -0.940. The third-order valence-electron chi connectivity index (χ3n) is 1.53. The molecule has 6 heteroatoms. The molecule has 0 spiro atoms. The molecule has 1 unspecified atom stereocenters. The minimum absolute atomic E-state index is 0.198. The monoisotopic (exact) mass is 182 g/mol. The number of amidine groups is 1. The molecule has 0 aromatic heterocycles. The Morgan fingerprint density at radius 2 is 2.08 bits per heavy atom. The quantitative estimate of drug-likeness (QED) is 0.562. The molecule has 1 aliphatic rings. The maximum Gasteiger partial charge on any atom is 0.428 e. The lowest BCUT2D eigenvalue weighted by Gasteiger charge is -2.13. The van der Waals surface area contributed by atoms with Crippen LogP contribution in [0.25, 0.3) is 0 Å². The summed E-state index contributed by atoms with van der Waals surface area (Å²) < 4.78 is 35.9. The van der Waals surface area contributed by atoms with Crippen molar-refractivity contribution in [2.45, 2.75) is 18.7 Å². The Bertz CT molecular complexity index is 199. The van der Waals surface area contributed by atoms with Crippen molar-refractivity contribution in [1.29, 1.82) is 0 Å². The summed E-state index contributed by atoms with van der Waals surface area (Å²) in [7, 11) is 3.25. The molecule has 0 aromatic rings. The highest BCUT2D eigenvalue weighted by Gasteiger charge is 2.45. The van der Waals surface area contributed by atoms with E-state index < -0.39 is 12.3 Å². The Balaban J connectivity index is 2.53. The molecule has 12 heavy (non-hydrogen) atoms. The Labute approximate surface area is 67.8 Å². The fourth-order valence-electron chi connectivity index (χ4n) is 0.805. The van der Waals surface area contributed by atoms with E-state index in [0.29, 0.717) is 5.84 Å². The summed E-state index contributed by atoms with van der Waals surface area (Å²) in [6, 6.07) is 0. The number of halogens is 3. The van der Waals surface area contributed by atoms with Crippen molar-refractivity contribution in [3.63, 3.8) is 0 Å². The number of oxime groups is 1. The minimum Gasteiger partial charge on any atom is -0.381 e. The van der Waals surface area contributed by atoms with Crippen LogP contribution in [0.5, 0.6) is 0 Å². The third kappa shape index (κ3) is 1.80. The average Bonchev–Trinajstić information content (AvgIpc) is 2.30. The van der Waals surface area contributed by atoms with Crippen LogP contribution >= 0.6 is 0 Å². The fourth-order valence-corrected chi connectivity index (χ4v) is 0.805. The van der Waals surface area contributed by atoms with E-state index in [1.165, 1.54) is 4.90 Å². The first-order valence-electron chi connectivity index (χ1n) is 3.38. The number of nitrogens with zero attached hydrogens (tertiary/aromatic N) is 2. The van der Waals surface area contributed by atoms with Crippen LogP contribution in [0.4, 0.5) is 13.2 Å². The Morgan fingerprint density at radius 3 is 2.33 bits per heavy atom. The summed E-state index contributed by atoms with van der Waals surface area (Å²) in [5.74, 6) is 0.317. The molecular formula is C6H9F3N2O. The molecule has 0 aromatic carbocycles. The van der Waals surface area contributed by atoms with Gasteiger partial charge in [-0.2, -0.15) is 13.2 Å². The zero-order valence-corrected chi connectivity index (χ0v) is 6.72. The highest BCUT2D eigenvalue weighted by Crippen LogP contribution is 2.29. The van der Waals surface area contributed by atoms with Crippen molar-refractivity contribution in [2.24, 2.45) is 5.16 Å². The number of rotatable bonds is 0. The summed E-state index contributed by atoms with van der Waals surface area (Å²) in [6.45, 7) is 0. The Kier molecular flexibility index (Phi) is 2.16. The topological polar surface area (TPSA) is 24.8 Å². The normalized spacial score (nSPS) is 23.4. The predicted molar refractivity (Wildman–Crippen MR) is 36.7 cm³/mol. The zero-order chi connectivity index (χ0) is 9.35. The summed E-state index contributed by atoms with van der Waals surface area (Å²) in [5, 5.41) is 3.31. The SMILES string of the molecule is CN(C)C1=NOC(C(F)(F)F)C1. The molecule has 1 aliphatic heterocycles. The van der Waals surface area contributed by atoms with Crippen LogP contribution in [-0.4, -0.2) is 37.1 Å². The van der Waals surface area contributed by atoms with E-state index in [2.05, 4.69) is 9.99 Å². The van der Waals surface area contributed by atoms with E-state index in [1.807, 2.05) is 0 Å². The average molecular weight is 182 g/mol. The molecule has 0 bridgehead atoms. The summed E-state index contributed by atoms with van der Waals surface area (Å²) in [5.41, 5.74) is 0. The van der Waals surface area contributed by atoms with Crippen molar-refractivity contribution in [2.75, 3.05) is 14.1 Å². The second-order valence-corrected chi connectivity index (χ2v) is 2.74. The first kappa shape index (κ1) is 9.15. The zero-order valence-electron chi connectivity index (χ0n) is 6.72. The van der Waals surface area contributed by atoms with Gasteiger partial charge in [0.1, 0.15) is 5.84 Å². The maximum absolute atomic E-state index is 12.0. The highest BCUT2D eigenvalue weighted by molar-refractivity contribution is 5.82. The van der Waals surface area contributed by atoms with Gasteiger partial charge in [-0.15, -0.1) is 0 Å². The van der Waals surface area contributed by atoms with Crippen LogP contribution in [0.2, 0.25) is 0 Å². The maximum atomic E-state index is 12.0. The molecule has 1 atom stereocenters. The van der Waals surface area contributed by atoms with Crippen molar-refractivity contribution < 1.29 is 18.0 Å². The summed E-state index contributed by atoms with van der Waals surface area (Å²) in [4.78, 5) is 5.72. The van der Waals surface area contributed by atoms with Gasteiger partial charge >= 0.3 is 6.18 Å². The van der Waals surface area contributed by atoms with Gasteiger partial charge < -0.3 is 9.74 Å². The van der Waals surface area contributed by atoms with Gasteiger partial charge in [0.2, 0.25) is 6.10 Å². The molecule has 0 saturated carbocycles. The standard InChI is InChI=1S/C6H9F3N2O/c1-11(2)5-3-4(12-10-5)6(7,8)9/h4H,3H2,1-2H3. The van der Waals surface area contributed by atoms with Crippen LogP contribution < -0.4 is 0 Å². The lowest BCUT2D eigenvalue weighted by Crippen LogP contribution is -2.31. The van der Waals surface area contributed by atoms with Crippen molar-refractivity contribution in [3.05, 3.63) is 0 Å². The molecule has 0 radical (unpaired) electrons. The van der Waals surface area contributed by atoms with Crippen LogP contribution in [0.1, 0.15) is 6.42 Å². The molecule has 0 saturated heterocycles. The molecule has 1 heterocycles. The molecule has 1 rings (SSSR count). The lowest BCUT2D eigenvalue weighted by molar-refractivity contribution is -0.212. The summed E-state index contributed by atoms with van der Waals surface area (Å²) >= 11 is 0. The predicted octanol–water partition coefficient (Wildman–Crippen LogP) is 1.21. The number of alkyl halides is 3. The van der Waals surface area contributed by atoms with Gasteiger partial charge in [0.15, 0.2) is 0 Å². The molecule has 0 amide bonds. The molecule has 0 N–H and O–H groups in total. The lowest BCUT2D eigenvalue weighted by atomic mass is 10.2. The molecule has 70 valence electrons. The van der Waals surface area contributed by atoms with Gasteiger partial charge in [-0.1, -0.05) is 5.16 Å². The minimum atomic E-state index is -4.32. The number of hydrogen-bond donors (Lipinski definition) is 0. The second-order valence-electron chi connectivity index (χ2n) is 2.74. The van der Waals surface area contributed by atoms with Crippen molar-refractivity contribution in [1.82, 2.24) is 4.90 Å². The van der Waals surface area contributed by atoms with Gasteiger partial charge in [-0.3, -0.25) is 0 Å². The second kappa shape index (κ2) is 2.84. The summed E-state index contributed by atoms with van der Waals surface area (Å²) in [6.07, 6.45) is -6.28. The van der Waals surface area contributed by atoms with Crippen LogP contribution in [0, 0.1) is 0 Å². The molecular weight excluding hydrogens is 173 g/mol. The van der Waals surface area contributed by atoms with E-state index in [4.69, 9.17) is 0 Å². The Morgan fingerprint density at radius 1 is 1.50 bits per heavy atom.